The third-order valence-electron chi connectivity index (χ3n) is 6.06. The predicted octanol–water partition coefficient (Wildman–Crippen LogP) is 2.13. The Labute approximate surface area is 192 Å². The second kappa shape index (κ2) is 9.97. The van der Waals surface area contributed by atoms with E-state index in [0.717, 1.165) is 29.7 Å². The monoisotopic (exact) mass is 448 g/mol. The van der Waals surface area contributed by atoms with Crippen molar-refractivity contribution in [2.45, 2.75) is 44.1 Å². The lowest BCUT2D eigenvalue weighted by Crippen LogP contribution is -2.50. The fourth-order valence-electron chi connectivity index (χ4n) is 4.22. The number of aliphatic hydroxyl groups is 2. The van der Waals surface area contributed by atoms with Gasteiger partial charge in [0, 0.05) is 18.9 Å². The average Bonchev–Trinajstić information content (AvgIpc) is 3.56. The van der Waals surface area contributed by atoms with Gasteiger partial charge in [0.25, 0.3) is 11.8 Å². The van der Waals surface area contributed by atoms with Crippen molar-refractivity contribution in [3.63, 3.8) is 0 Å². The molecule has 33 heavy (non-hydrogen) atoms. The SMILES string of the molecule is C[C@@H](NC(=O)C(O)C(O)C(=O)N1CCCC1c1ccccc1)c1ccc(-n2cccn2)cc1. The van der Waals surface area contributed by atoms with Crippen LogP contribution in [0.1, 0.15) is 43.0 Å². The second-order valence-electron chi connectivity index (χ2n) is 8.26. The highest BCUT2D eigenvalue weighted by Crippen LogP contribution is 2.32. The van der Waals surface area contributed by atoms with E-state index in [1.54, 1.807) is 22.7 Å². The molecule has 8 heteroatoms. The van der Waals surface area contributed by atoms with E-state index in [1.807, 2.05) is 66.9 Å². The van der Waals surface area contributed by atoms with Gasteiger partial charge in [-0.05, 0) is 49.1 Å². The summed E-state index contributed by atoms with van der Waals surface area (Å²) in [6.07, 6.45) is 1.40. The van der Waals surface area contributed by atoms with Crippen LogP contribution >= 0.6 is 0 Å². The first-order chi connectivity index (χ1) is 16.0. The zero-order valence-electron chi connectivity index (χ0n) is 18.4. The Morgan fingerprint density at radius 3 is 2.42 bits per heavy atom. The van der Waals surface area contributed by atoms with Gasteiger partial charge in [-0.2, -0.15) is 5.10 Å². The van der Waals surface area contributed by atoms with Gasteiger partial charge in [-0.25, -0.2) is 4.68 Å². The molecule has 1 aliphatic heterocycles. The molecule has 1 saturated heterocycles. The molecule has 0 spiro atoms. The Kier molecular flexibility index (Phi) is 6.86. The predicted molar refractivity (Wildman–Crippen MR) is 122 cm³/mol. The minimum Gasteiger partial charge on any atom is -0.380 e. The number of aromatic nitrogens is 2. The van der Waals surface area contributed by atoms with E-state index in [4.69, 9.17) is 0 Å². The average molecular weight is 449 g/mol. The van der Waals surface area contributed by atoms with Gasteiger partial charge in [0.2, 0.25) is 0 Å². The number of amides is 2. The first kappa shape index (κ1) is 22.7. The molecule has 3 unspecified atom stereocenters. The first-order valence-electron chi connectivity index (χ1n) is 11.1. The van der Waals surface area contributed by atoms with Gasteiger partial charge in [-0.3, -0.25) is 9.59 Å². The van der Waals surface area contributed by atoms with Crippen molar-refractivity contribution in [1.29, 1.82) is 0 Å². The molecule has 0 saturated carbocycles. The van der Waals surface area contributed by atoms with E-state index in [2.05, 4.69) is 10.4 Å². The van der Waals surface area contributed by atoms with E-state index in [1.165, 1.54) is 0 Å². The molecular weight excluding hydrogens is 420 g/mol. The van der Waals surface area contributed by atoms with Crippen LogP contribution in [0.4, 0.5) is 0 Å². The van der Waals surface area contributed by atoms with Gasteiger partial charge in [0.15, 0.2) is 12.2 Å². The highest BCUT2D eigenvalue weighted by molar-refractivity contribution is 5.91. The Hall–Kier alpha value is -3.49. The summed E-state index contributed by atoms with van der Waals surface area (Å²) in [5.41, 5.74) is 2.67. The quantitative estimate of drug-likeness (QED) is 0.513. The van der Waals surface area contributed by atoms with Crippen molar-refractivity contribution in [3.05, 3.63) is 84.2 Å². The van der Waals surface area contributed by atoms with Crippen LogP contribution in [0.15, 0.2) is 73.1 Å². The van der Waals surface area contributed by atoms with E-state index in [9.17, 15) is 19.8 Å². The molecule has 0 bridgehead atoms. The number of carbonyl (C=O) groups excluding carboxylic acids is 2. The van der Waals surface area contributed by atoms with Gasteiger partial charge in [0.05, 0.1) is 17.8 Å². The Balaban J connectivity index is 1.37. The third-order valence-corrected chi connectivity index (χ3v) is 6.06. The first-order valence-corrected chi connectivity index (χ1v) is 11.1. The van der Waals surface area contributed by atoms with E-state index >= 15 is 0 Å². The maximum absolute atomic E-state index is 12.9. The van der Waals surface area contributed by atoms with Crippen molar-refractivity contribution >= 4 is 11.8 Å². The summed E-state index contributed by atoms with van der Waals surface area (Å²) in [7, 11) is 0. The van der Waals surface area contributed by atoms with Crippen LogP contribution in [0, 0.1) is 0 Å². The maximum Gasteiger partial charge on any atom is 0.255 e. The van der Waals surface area contributed by atoms with Crippen molar-refractivity contribution < 1.29 is 19.8 Å². The van der Waals surface area contributed by atoms with Crippen LogP contribution in [0.5, 0.6) is 0 Å². The Morgan fingerprint density at radius 2 is 1.76 bits per heavy atom. The highest BCUT2D eigenvalue weighted by atomic mass is 16.3. The number of carbonyl (C=O) groups is 2. The van der Waals surface area contributed by atoms with Crippen LogP contribution in [-0.4, -0.2) is 55.5 Å². The lowest BCUT2D eigenvalue weighted by Gasteiger charge is -2.29. The molecule has 4 atom stereocenters. The molecule has 1 aliphatic rings. The zero-order chi connectivity index (χ0) is 23.4. The maximum atomic E-state index is 12.9. The largest absolute Gasteiger partial charge is 0.380 e. The lowest BCUT2D eigenvalue weighted by atomic mass is 10.0. The highest BCUT2D eigenvalue weighted by Gasteiger charge is 2.38. The summed E-state index contributed by atoms with van der Waals surface area (Å²) in [5, 5.41) is 27.8. The van der Waals surface area contributed by atoms with Gasteiger partial charge in [0.1, 0.15) is 0 Å². The van der Waals surface area contributed by atoms with Crippen molar-refractivity contribution in [2.75, 3.05) is 6.54 Å². The van der Waals surface area contributed by atoms with Crippen LogP contribution < -0.4 is 5.32 Å². The van der Waals surface area contributed by atoms with Gasteiger partial charge in [-0.15, -0.1) is 0 Å². The molecule has 0 aliphatic carbocycles. The molecule has 0 radical (unpaired) electrons. The summed E-state index contributed by atoms with van der Waals surface area (Å²) < 4.78 is 1.72. The number of rotatable bonds is 7. The zero-order valence-corrected chi connectivity index (χ0v) is 18.4. The molecule has 1 aromatic heterocycles. The molecular formula is C25H28N4O4. The van der Waals surface area contributed by atoms with Gasteiger partial charge >= 0.3 is 0 Å². The number of aliphatic hydroxyl groups excluding tert-OH is 2. The van der Waals surface area contributed by atoms with Gasteiger partial charge < -0.3 is 20.4 Å². The minimum absolute atomic E-state index is 0.171. The number of likely N-dealkylation sites (tertiary alicyclic amines) is 1. The van der Waals surface area contributed by atoms with Crippen LogP contribution in [0.3, 0.4) is 0 Å². The number of nitrogens with zero attached hydrogens (tertiary/aromatic N) is 3. The van der Waals surface area contributed by atoms with Crippen molar-refractivity contribution in [2.24, 2.45) is 0 Å². The summed E-state index contributed by atoms with van der Waals surface area (Å²) >= 11 is 0. The summed E-state index contributed by atoms with van der Waals surface area (Å²) in [4.78, 5) is 27.0. The lowest BCUT2D eigenvalue weighted by molar-refractivity contribution is -0.154. The smallest absolute Gasteiger partial charge is 0.255 e. The number of hydrogen-bond donors (Lipinski definition) is 3. The van der Waals surface area contributed by atoms with Crippen molar-refractivity contribution in [3.8, 4) is 5.69 Å². The molecule has 3 N–H and O–H groups in total. The van der Waals surface area contributed by atoms with Crippen LogP contribution in [0.25, 0.3) is 5.69 Å². The molecule has 2 heterocycles. The summed E-state index contributed by atoms with van der Waals surface area (Å²) in [6, 6.07) is 18.3. The summed E-state index contributed by atoms with van der Waals surface area (Å²) in [5.74, 6) is -1.44. The topological polar surface area (TPSA) is 108 Å². The van der Waals surface area contributed by atoms with Crippen LogP contribution in [0.2, 0.25) is 0 Å². The third kappa shape index (κ3) is 4.97. The number of nitrogens with one attached hydrogen (secondary N) is 1. The Bertz CT molecular complexity index is 1070. The molecule has 1 fully saturated rings. The van der Waals surface area contributed by atoms with Crippen LogP contribution in [-0.2, 0) is 9.59 Å². The van der Waals surface area contributed by atoms with E-state index in [0.29, 0.717) is 6.54 Å². The minimum atomic E-state index is -1.86. The second-order valence-corrected chi connectivity index (χ2v) is 8.26. The molecule has 4 rings (SSSR count). The fraction of sp³-hybridized carbons (Fsp3) is 0.320. The molecule has 3 aromatic rings. The molecule has 2 aromatic carbocycles. The fourth-order valence-corrected chi connectivity index (χ4v) is 4.22. The normalized spacial score (nSPS) is 18.5. The summed E-state index contributed by atoms with van der Waals surface area (Å²) in [6.45, 7) is 2.25. The van der Waals surface area contributed by atoms with E-state index < -0.39 is 30.1 Å². The van der Waals surface area contributed by atoms with Crippen molar-refractivity contribution in [1.82, 2.24) is 20.0 Å². The number of hydrogen-bond acceptors (Lipinski definition) is 5. The molecule has 172 valence electrons. The number of benzene rings is 2. The molecule has 8 nitrogen and oxygen atoms in total. The van der Waals surface area contributed by atoms with Gasteiger partial charge in [-0.1, -0.05) is 42.5 Å². The van der Waals surface area contributed by atoms with E-state index in [-0.39, 0.29) is 6.04 Å². The Morgan fingerprint density at radius 1 is 1.03 bits per heavy atom. The standard InChI is InChI=1S/C25H28N4O4/c1-17(18-10-12-20(13-11-18)29-16-6-14-26-29)27-24(32)22(30)23(31)25(33)28-15-5-9-21(28)19-7-3-2-4-8-19/h2-4,6-8,10-14,16-17,21-23,30-31H,5,9,15H2,1H3,(H,27,32)/t17-,21?,22?,23?/m1/s1. The molecule has 2 amide bonds.